The number of rotatable bonds is 5. The fraction of sp³-hybridized carbons (Fsp3) is 0.400. The van der Waals surface area contributed by atoms with Gasteiger partial charge in [0.05, 0.1) is 11.5 Å². The maximum atomic E-state index is 10.3. The van der Waals surface area contributed by atoms with Crippen LogP contribution >= 0.6 is 11.3 Å². The topological polar surface area (TPSA) is 81.5 Å². The molecular formula is C20H24N4O2S. The average Bonchev–Trinajstić information content (AvgIpc) is 3.15. The smallest absolute Gasteiger partial charge is 0.141 e. The van der Waals surface area contributed by atoms with E-state index in [2.05, 4.69) is 31.6 Å². The highest BCUT2D eigenvalue weighted by molar-refractivity contribution is 7.16. The van der Waals surface area contributed by atoms with E-state index in [4.69, 9.17) is 0 Å². The number of piperidine rings is 1. The van der Waals surface area contributed by atoms with Crippen molar-refractivity contribution >= 4 is 27.4 Å². The van der Waals surface area contributed by atoms with Crippen LogP contribution < -0.4 is 10.2 Å². The summed E-state index contributed by atoms with van der Waals surface area (Å²) in [5.74, 6) is 2.07. The van der Waals surface area contributed by atoms with Gasteiger partial charge in [0.25, 0.3) is 0 Å². The molecule has 4 rings (SSSR count). The van der Waals surface area contributed by atoms with E-state index >= 15 is 0 Å². The number of fused-ring (bicyclic) bond motifs is 1. The summed E-state index contributed by atoms with van der Waals surface area (Å²) < 4.78 is 0. The Morgan fingerprint density at radius 2 is 1.93 bits per heavy atom. The molecule has 3 aromatic rings. The molecule has 0 bridgehead atoms. The largest absolute Gasteiger partial charge is 0.508 e. The number of benzene rings is 1. The van der Waals surface area contributed by atoms with Gasteiger partial charge in [0.1, 0.15) is 22.2 Å². The number of thiophene rings is 1. The summed E-state index contributed by atoms with van der Waals surface area (Å²) in [5, 5.41) is 26.4. The number of aliphatic hydroxyl groups is 1. The van der Waals surface area contributed by atoms with Gasteiger partial charge in [-0.2, -0.15) is 0 Å². The van der Waals surface area contributed by atoms with Crippen molar-refractivity contribution in [3.05, 3.63) is 47.1 Å². The maximum Gasteiger partial charge on any atom is 0.141 e. The first-order chi connectivity index (χ1) is 13.1. The molecule has 1 fully saturated rings. The summed E-state index contributed by atoms with van der Waals surface area (Å²) in [4.78, 5) is 12.6. The van der Waals surface area contributed by atoms with E-state index < -0.39 is 6.10 Å². The second-order valence-electron chi connectivity index (χ2n) is 7.01. The zero-order chi connectivity index (χ0) is 18.8. The number of phenolic OH excluding ortho intramolecular Hbond substituents is 1. The molecule has 1 aliphatic rings. The molecular weight excluding hydrogens is 360 g/mol. The van der Waals surface area contributed by atoms with Gasteiger partial charge < -0.3 is 20.4 Å². The Morgan fingerprint density at radius 1 is 1.19 bits per heavy atom. The summed E-state index contributed by atoms with van der Waals surface area (Å²) in [7, 11) is 0. The first-order valence-corrected chi connectivity index (χ1v) is 10.2. The van der Waals surface area contributed by atoms with Crippen LogP contribution in [0.4, 0.5) is 5.82 Å². The Hall–Kier alpha value is -2.22. The summed E-state index contributed by atoms with van der Waals surface area (Å²) in [6.45, 7) is 4.33. The van der Waals surface area contributed by atoms with E-state index in [-0.39, 0.29) is 5.75 Å². The maximum absolute atomic E-state index is 10.3. The van der Waals surface area contributed by atoms with Gasteiger partial charge in [-0.05, 0) is 48.9 Å². The quantitative estimate of drug-likeness (QED) is 0.627. The van der Waals surface area contributed by atoms with Crippen molar-refractivity contribution in [3.63, 3.8) is 0 Å². The molecule has 1 aromatic carbocycles. The summed E-state index contributed by atoms with van der Waals surface area (Å²) in [5.41, 5.74) is 0.814. The van der Waals surface area contributed by atoms with Crippen molar-refractivity contribution in [2.75, 3.05) is 24.5 Å². The Labute approximate surface area is 162 Å². The van der Waals surface area contributed by atoms with E-state index in [1.807, 2.05) is 6.92 Å². The molecule has 6 nitrogen and oxygen atoms in total. The van der Waals surface area contributed by atoms with Crippen LogP contribution in [0, 0.1) is 6.92 Å². The van der Waals surface area contributed by atoms with Crippen LogP contribution in [0.3, 0.4) is 0 Å². The molecule has 0 amide bonds. The molecule has 0 saturated carbocycles. The number of nitrogens with zero attached hydrogens (tertiary/aromatic N) is 3. The third-order valence-corrected chi connectivity index (χ3v) is 5.90. The van der Waals surface area contributed by atoms with Crippen LogP contribution in [-0.4, -0.2) is 45.9 Å². The van der Waals surface area contributed by atoms with Gasteiger partial charge in [-0.25, -0.2) is 9.97 Å². The number of aromatic nitrogens is 2. The molecule has 0 aliphatic carbocycles. The predicted molar refractivity (Wildman–Crippen MR) is 108 cm³/mol. The third kappa shape index (κ3) is 4.05. The van der Waals surface area contributed by atoms with Crippen LogP contribution in [0.15, 0.2) is 35.7 Å². The van der Waals surface area contributed by atoms with E-state index in [9.17, 15) is 10.2 Å². The highest BCUT2D eigenvalue weighted by Crippen LogP contribution is 2.29. The number of aryl methyl sites for hydroxylation is 1. The normalized spacial score (nSPS) is 16.7. The van der Waals surface area contributed by atoms with E-state index in [0.29, 0.717) is 12.6 Å². The first-order valence-electron chi connectivity index (χ1n) is 9.27. The van der Waals surface area contributed by atoms with Crippen molar-refractivity contribution in [3.8, 4) is 5.75 Å². The molecule has 142 valence electrons. The summed E-state index contributed by atoms with van der Waals surface area (Å²) >= 11 is 1.66. The lowest BCUT2D eigenvalue weighted by atomic mass is 10.0. The molecule has 0 radical (unpaired) electrons. The van der Waals surface area contributed by atoms with E-state index in [1.165, 1.54) is 0 Å². The van der Waals surface area contributed by atoms with Crippen LogP contribution in [-0.2, 0) is 0 Å². The molecule has 1 aliphatic heterocycles. The standard InChI is InChI=1S/C20H24N4O2S/c1-13-22-19(17-8-11-27-20(17)23-13)24-9-6-15(7-10-24)21-12-18(26)14-2-4-16(25)5-3-14/h2-5,8,11,15,18,21,25-26H,6-7,9-10,12H2,1H3. The third-order valence-electron chi connectivity index (χ3n) is 5.09. The summed E-state index contributed by atoms with van der Waals surface area (Å²) in [6.07, 6.45) is 1.45. The molecule has 1 saturated heterocycles. The predicted octanol–water partition coefficient (Wildman–Crippen LogP) is 3.00. The Kier molecular flexibility index (Phi) is 5.24. The second-order valence-corrected chi connectivity index (χ2v) is 7.91. The lowest BCUT2D eigenvalue weighted by Gasteiger charge is -2.34. The number of aromatic hydroxyl groups is 1. The molecule has 1 unspecified atom stereocenters. The van der Waals surface area contributed by atoms with Gasteiger partial charge in [0, 0.05) is 25.7 Å². The molecule has 3 heterocycles. The molecule has 7 heteroatoms. The molecule has 3 N–H and O–H groups in total. The fourth-order valence-corrected chi connectivity index (χ4v) is 4.38. The Bertz CT molecular complexity index is 904. The van der Waals surface area contributed by atoms with Crippen molar-refractivity contribution < 1.29 is 10.2 Å². The monoisotopic (exact) mass is 384 g/mol. The van der Waals surface area contributed by atoms with Crippen LogP contribution in [0.5, 0.6) is 5.75 Å². The number of hydrogen-bond acceptors (Lipinski definition) is 7. The highest BCUT2D eigenvalue weighted by Gasteiger charge is 2.23. The zero-order valence-corrected chi connectivity index (χ0v) is 16.1. The number of hydrogen-bond donors (Lipinski definition) is 3. The minimum absolute atomic E-state index is 0.214. The fourth-order valence-electron chi connectivity index (χ4n) is 3.57. The lowest BCUT2D eigenvalue weighted by Crippen LogP contribution is -2.44. The van der Waals surface area contributed by atoms with Gasteiger partial charge in [-0.1, -0.05) is 12.1 Å². The molecule has 2 aromatic heterocycles. The Balaban J connectivity index is 1.33. The lowest BCUT2D eigenvalue weighted by molar-refractivity contribution is 0.167. The van der Waals surface area contributed by atoms with Crippen molar-refractivity contribution in [2.45, 2.75) is 31.9 Å². The van der Waals surface area contributed by atoms with Gasteiger partial charge in [0.2, 0.25) is 0 Å². The van der Waals surface area contributed by atoms with Crippen LogP contribution in [0.2, 0.25) is 0 Å². The highest BCUT2D eigenvalue weighted by atomic mass is 32.1. The van der Waals surface area contributed by atoms with Crippen molar-refractivity contribution in [1.82, 2.24) is 15.3 Å². The number of nitrogens with one attached hydrogen (secondary N) is 1. The zero-order valence-electron chi connectivity index (χ0n) is 15.3. The second kappa shape index (κ2) is 7.80. The van der Waals surface area contributed by atoms with Crippen molar-refractivity contribution in [1.29, 1.82) is 0 Å². The first kappa shape index (κ1) is 18.2. The van der Waals surface area contributed by atoms with Gasteiger partial charge >= 0.3 is 0 Å². The van der Waals surface area contributed by atoms with Gasteiger partial charge in [-0.3, -0.25) is 0 Å². The number of phenols is 1. The average molecular weight is 385 g/mol. The van der Waals surface area contributed by atoms with E-state index in [0.717, 1.165) is 53.4 Å². The minimum atomic E-state index is -0.571. The van der Waals surface area contributed by atoms with Crippen molar-refractivity contribution in [2.24, 2.45) is 0 Å². The van der Waals surface area contributed by atoms with Crippen LogP contribution in [0.1, 0.15) is 30.3 Å². The SMILES string of the molecule is Cc1nc(N2CCC(NCC(O)c3ccc(O)cc3)CC2)c2ccsc2n1. The number of aliphatic hydroxyl groups excluding tert-OH is 1. The van der Waals surface area contributed by atoms with E-state index in [1.54, 1.807) is 35.6 Å². The van der Waals surface area contributed by atoms with Crippen LogP contribution in [0.25, 0.3) is 10.2 Å². The summed E-state index contributed by atoms with van der Waals surface area (Å²) in [6, 6.07) is 9.21. The molecule has 27 heavy (non-hydrogen) atoms. The van der Waals surface area contributed by atoms with Gasteiger partial charge in [-0.15, -0.1) is 11.3 Å². The minimum Gasteiger partial charge on any atom is -0.508 e. The molecule has 0 spiro atoms. The Morgan fingerprint density at radius 3 is 2.67 bits per heavy atom. The molecule has 1 atom stereocenters. The number of anilines is 1. The van der Waals surface area contributed by atoms with Gasteiger partial charge in [0.15, 0.2) is 0 Å².